The van der Waals surface area contributed by atoms with Gasteiger partial charge in [-0.2, -0.15) is 0 Å². The minimum absolute atomic E-state index is 1.06. The Morgan fingerprint density at radius 3 is 1.16 bits per heavy atom. The lowest BCUT2D eigenvalue weighted by molar-refractivity contribution is 1.15. The van der Waals surface area contributed by atoms with Gasteiger partial charge in [0.05, 0.1) is 33.4 Å². The summed E-state index contributed by atoms with van der Waals surface area (Å²) in [6, 6.07) is 166. The molecule has 2 heterocycles. The summed E-state index contributed by atoms with van der Waals surface area (Å²) in [5, 5.41) is 19.6. The molecule has 0 spiro atoms. The highest BCUT2D eigenvalue weighted by molar-refractivity contribution is 6.18. The van der Waals surface area contributed by atoms with Gasteiger partial charge in [0.1, 0.15) is 0 Å². The van der Waals surface area contributed by atoms with Crippen LogP contribution in [0.2, 0.25) is 0 Å². The molecule has 0 unspecified atom stereocenters. The maximum Gasteiger partial charge on any atom is 0.0702 e. The molecule has 0 saturated carbocycles. The molecule has 0 aliphatic rings. The first-order valence-electron chi connectivity index (χ1n) is 40.7. The van der Waals surface area contributed by atoms with Crippen molar-refractivity contribution in [3.63, 3.8) is 0 Å². The minimum Gasteiger partial charge on any atom is -0.310 e. The fraction of sp³-hybridized carbons (Fsp3) is 0. The summed E-state index contributed by atoms with van der Waals surface area (Å²) >= 11 is 0. The van der Waals surface area contributed by atoms with Gasteiger partial charge < -0.3 is 18.9 Å². The number of nitrogens with zero attached hydrogens (tertiary/aromatic N) is 4. The van der Waals surface area contributed by atoms with Gasteiger partial charge in [0, 0.05) is 61.2 Å². The topological polar surface area (TPSA) is 16.3 Å². The zero-order chi connectivity index (χ0) is 77.7. The van der Waals surface area contributed by atoms with Gasteiger partial charge in [-0.3, -0.25) is 0 Å². The van der Waals surface area contributed by atoms with E-state index in [1.54, 1.807) is 0 Å². The summed E-state index contributed by atoms with van der Waals surface area (Å²) in [7, 11) is 0. The molecule has 0 aliphatic carbocycles. The highest BCUT2D eigenvalue weighted by atomic mass is 15.2. The Morgan fingerprint density at radius 2 is 0.551 bits per heavy atom. The second-order valence-corrected chi connectivity index (χ2v) is 31.1. The van der Waals surface area contributed by atoms with Gasteiger partial charge in [-0.25, -0.2) is 0 Å². The van der Waals surface area contributed by atoms with E-state index < -0.39 is 0 Å². The second-order valence-electron chi connectivity index (χ2n) is 31.1. The number of aromatic nitrogens is 2. The second kappa shape index (κ2) is 28.2. The quantitative estimate of drug-likeness (QED) is 0.101. The maximum absolute atomic E-state index is 2.48. The van der Waals surface area contributed by atoms with Crippen molar-refractivity contribution in [3.05, 3.63) is 449 Å². The molecule has 550 valence electrons. The van der Waals surface area contributed by atoms with Crippen LogP contribution in [0, 0.1) is 0 Å². The van der Waals surface area contributed by atoms with Crippen molar-refractivity contribution in [2.24, 2.45) is 0 Å². The maximum atomic E-state index is 2.48. The van der Waals surface area contributed by atoms with Crippen LogP contribution in [0.4, 0.5) is 34.1 Å². The predicted octanol–water partition coefficient (Wildman–Crippen LogP) is 31.7. The van der Waals surface area contributed by atoms with Crippen LogP contribution in [0.5, 0.6) is 0 Å². The molecule has 21 aromatic carbocycles. The van der Waals surface area contributed by atoms with E-state index in [9.17, 15) is 0 Å². The highest BCUT2D eigenvalue weighted by Crippen LogP contribution is 2.48. The number of benzene rings is 21. The van der Waals surface area contributed by atoms with Crippen LogP contribution < -0.4 is 9.80 Å². The van der Waals surface area contributed by atoms with E-state index in [1.165, 1.54) is 125 Å². The Hall–Kier alpha value is -15.6. The first kappa shape index (κ1) is 68.0. The number of hydrogen-bond acceptors (Lipinski definition) is 2. The molecule has 0 N–H and O–H groups in total. The lowest BCUT2D eigenvalue weighted by Gasteiger charge is -2.29. The first-order chi connectivity index (χ1) is 58.5. The Bertz CT molecular complexity index is 7890. The molecule has 0 aliphatic heterocycles. The predicted molar refractivity (Wildman–Crippen MR) is 502 cm³/mol. The molecule has 23 aromatic rings. The van der Waals surface area contributed by atoms with Crippen LogP contribution in [0.3, 0.4) is 0 Å². The van der Waals surface area contributed by atoms with Gasteiger partial charge in [-0.05, 0) is 253 Å². The average Bonchev–Trinajstić information content (AvgIpc) is 1.54. The van der Waals surface area contributed by atoms with Gasteiger partial charge in [0.25, 0.3) is 0 Å². The standard InChI is InChI=1S/C114H74N4/c1-2-30-90(31-3-1)117-111-67-60-88(74-108(111)106-43-21-40-99(114(106)117)89-29-18-33-94(72-89)115(93-32-16-27-83(70-93)85-51-48-75-22-4-6-25-81(75)68-85)91-61-54-78(55-62-91)97-38-19-41-100-96-35-9-8-24-77(96)58-65-102(97)100)87-53-50-80-59-66-103-98(39-20-42-101(103)107(80)73-87)79-56-63-92(64-57-79)116(95-34-17-28-84(71-95)86-52-49-76-23-5-7-26-82(76)69-86)112-46-14-15-47-113(112)118-109-44-12-10-36-104(109)105-37-11-13-45-110(105)118/h1-74H. The van der Waals surface area contributed by atoms with Crippen LogP contribution in [0.1, 0.15) is 0 Å². The van der Waals surface area contributed by atoms with Gasteiger partial charge >= 0.3 is 0 Å². The van der Waals surface area contributed by atoms with Crippen molar-refractivity contribution in [1.29, 1.82) is 0 Å². The zero-order valence-corrected chi connectivity index (χ0v) is 64.5. The Morgan fingerprint density at radius 1 is 0.161 bits per heavy atom. The van der Waals surface area contributed by atoms with E-state index in [-0.39, 0.29) is 0 Å². The molecular formula is C114H74N4. The molecular weight excluding hydrogens is 1430 g/mol. The van der Waals surface area contributed by atoms with Gasteiger partial charge in [-0.1, -0.05) is 322 Å². The number of hydrogen-bond donors (Lipinski definition) is 0. The van der Waals surface area contributed by atoms with E-state index >= 15 is 0 Å². The molecule has 0 radical (unpaired) electrons. The third-order valence-electron chi connectivity index (χ3n) is 24.4. The summed E-state index contributed by atoms with van der Waals surface area (Å²) in [6.07, 6.45) is 0. The number of fused-ring (bicyclic) bond motifs is 14. The molecule has 118 heavy (non-hydrogen) atoms. The Kier molecular flexibility index (Phi) is 16.2. The van der Waals surface area contributed by atoms with Crippen LogP contribution in [0.25, 0.3) is 186 Å². The molecule has 0 saturated heterocycles. The summed E-state index contributed by atoms with van der Waals surface area (Å²) in [4.78, 5) is 4.87. The van der Waals surface area contributed by atoms with Crippen molar-refractivity contribution in [1.82, 2.24) is 9.13 Å². The molecule has 0 atom stereocenters. The van der Waals surface area contributed by atoms with E-state index in [0.717, 1.165) is 95.5 Å². The van der Waals surface area contributed by atoms with Crippen molar-refractivity contribution < 1.29 is 0 Å². The number of rotatable bonds is 14. The van der Waals surface area contributed by atoms with Crippen molar-refractivity contribution >= 4 is 142 Å². The van der Waals surface area contributed by atoms with E-state index in [1.807, 2.05) is 0 Å². The number of anilines is 6. The monoisotopic (exact) mass is 1500 g/mol. The van der Waals surface area contributed by atoms with Crippen molar-refractivity contribution in [2.75, 3.05) is 9.80 Å². The Balaban J connectivity index is 0.617. The molecule has 0 bridgehead atoms. The van der Waals surface area contributed by atoms with Crippen LogP contribution in [0.15, 0.2) is 449 Å². The third kappa shape index (κ3) is 11.6. The summed E-state index contributed by atoms with van der Waals surface area (Å²) in [6.45, 7) is 0. The molecule has 0 fully saturated rings. The third-order valence-corrected chi connectivity index (χ3v) is 24.4. The minimum atomic E-state index is 1.06. The smallest absolute Gasteiger partial charge is 0.0702 e. The fourth-order valence-electron chi connectivity index (χ4n) is 18.8. The van der Waals surface area contributed by atoms with Crippen LogP contribution in [-0.4, -0.2) is 9.13 Å². The molecule has 0 amide bonds. The zero-order valence-electron chi connectivity index (χ0n) is 64.5. The fourth-order valence-corrected chi connectivity index (χ4v) is 18.8. The van der Waals surface area contributed by atoms with E-state index in [4.69, 9.17) is 0 Å². The molecule has 4 nitrogen and oxygen atoms in total. The lowest BCUT2D eigenvalue weighted by Crippen LogP contribution is -2.13. The molecule has 23 rings (SSSR count). The van der Waals surface area contributed by atoms with Gasteiger partial charge in [-0.15, -0.1) is 0 Å². The highest BCUT2D eigenvalue weighted by Gasteiger charge is 2.25. The van der Waals surface area contributed by atoms with Crippen molar-refractivity contribution in [3.8, 4) is 78.1 Å². The number of para-hydroxylation sites is 6. The molecule has 4 heteroatoms. The summed E-state index contributed by atoms with van der Waals surface area (Å²) in [5.74, 6) is 0. The van der Waals surface area contributed by atoms with Crippen LogP contribution >= 0.6 is 0 Å². The van der Waals surface area contributed by atoms with Crippen LogP contribution in [-0.2, 0) is 0 Å². The SMILES string of the molecule is c1ccc(-n2c3ccc(-c4ccc5ccc6c(-c7ccc(N(c8cccc(-c9ccc%10ccccc%10c9)c8)c8ccccc8-n8c9ccccc9c9ccccc98)cc7)cccc6c5c4)cc3c3cccc(-c4cccc(N(c5ccc(-c6cccc7c6ccc6ccccc67)cc5)c5cccc(-c6ccc7ccccc7c6)c5)c4)c32)cc1. The van der Waals surface area contributed by atoms with Crippen molar-refractivity contribution in [2.45, 2.75) is 0 Å². The normalized spacial score (nSPS) is 11.7. The van der Waals surface area contributed by atoms with E-state index in [2.05, 4.69) is 468 Å². The summed E-state index contributed by atoms with van der Waals surface area (Å²) < 4.78 is 4.92. The first-order valence-corrected chi connectivity index (χ1v) is 40.7. The molecule has 2 aromatic heterocycles. The van der Waals surface area contributed by atoms with Gasteiger partial charge in [0.2, 0.25) is 0 Å². The van der Waals surface area contributed by atoms with Gasteiger partial charge in [0.15, 0.2) is 0 Å². The largest absolute Gasteiger partial charge is 0.310 e. The summed E-state index contributed by atoms with van der Waals surface area (Å²) in [5.41, 5.74) is 27.2. The average molecular weight is 1500 g/mol. The van der Waals surface area contributed by atoms with E-state index in [0.29, 0.717) is 0 Å². The lowest BCUT2D eigenvalue weighted by atomic mass is 9.92. The Labute approximate surface area is 683 Å².